The molecule has 1 aliphatic heterocycles. The van der Waals surface area contributed by atoms with Gasteiger partial charge in [-0.3, -0.25) is 25.3 Å². The second kappa shape index (κ2) is 7.44. The van der Waals surface area contributed by atoms with Gasteiger partial charge in [-0.2, -0.15) is 0 Å². The SMILES string of the molecule is CC(C)C(=O)NNC(=O)[C@H]1COCCN1C(=O)OC(C)(C)C. The van der Waals surface area contributed by atoms with Crippen molar-refractivity contribution in [3.05, 3.63) is 0 Å². The predicted octanol–water partition coefficient (Wildman–Crippen LogP) is 0.426. The molecule has 1 rings (SSSR count). The highest BCUT2D eigenvalue weighted by molar-refractivity contribution is 5.88. The first kappa shape index (κ1) is 18.2. The van der Waals surface area contributed by atoms with Crippen molar-refractivity contribution in [2.24, 2.45) is 5.92 Å². The fourth-order valence-corrected chi connectivity index (χ4v) is 1.71. The second-order valence-electron chi connectivity index (χ2n) is 6.40. The van der Waals surface area contributed by atoms with Gasteiger partial charge in [0.05, 0.1) is 13.2 Å². The highest BCUT2D eigenvalue weighted by atomic mass is 16.6. The number of hydrogen-bond donors (Lipinski definition) is 2. The first-order valence-electron chi connectivity index (χ1n) is 7.29. The molecule has 8 nitrogen and oxygen atoms in total. The molecule has 126 valence electrons. The summed E-state index contributed by atoms with van der Waals surface area (Å²) in [6.45, 7) is 9.32. The first-order chi connectivity index (χ1) is 10.1. The lowest BCUT2D eigenvalue weighted by atomic mass is 10.2. The van der Waals surface area contributed by atoms with E-state index in [1.807, 2.05) is 0 Å². The Morgan fingerprint density at radius 3 is 2.41 bits per heavy atom. The Kier molecular flexibility index (Phi) is 6.16. The lowest BCUT2D eigenvalue weighted by Crippen LogP contribution is -2.59. The van der Waals surface area contributed by atoms with Crippen LogP contribution in [0.5, 0.6) is 0 Å². The third-order valence-electron chi connectivity index (χ3n) is 2.89. The number of carbonyl (C=O) groups is 3. The van der Waals surface area contributed by atoms with E-state index < -0.39 is 23.6 Å². The Bertz CT molecular complexity index is 431. The van der Waals surface area contributed by atoms with Gasteiger partial charge < -0.3 is 9.47 Å². The van der Waals surface area contributed by atoms with Crippen molar-refractivity contribution < 1.29 is 23.9 Å². The Morgan fingerprint density at radius 2 is 1.86 bits per heavy atom. The number of carbonyl (C=O) groups excluding carboxylic acids is 3. The fraction of sp³-hybridized carbons (Fsp3) is 0.786. The molecule has 0 aromatic rings. The van der Waals surface area contributed by atoms with E-state index in [4.69, 9.17) is 9.47 Å². The number of hydrazine groups is 1. The van der Waals surface area contributed by atoms with Gasteiger partial charge in [-0.15, -0.1) is 0 Å². The number of morpholine rings is 1. The van der Waals surface area contributed by atoms with Gasteiger partial charge in [0, 0.05) is 12.5 Å². The van der Waals surface area contributed by atoms with Gasteiger partial charge in [0.1, 0.15) is 11.6 Å². The van der Waals surface area contributed by atoms with Crippen LogP contribution in [0.1, 0.15) is 34.6 Å². The average molecular weight is 315 g/mol. The minimum Gasteiger partial charge on any atom is -0.444 e. The third kappa shape index (κ3) is 5.51. The Balaban J connectivity index is 2.66. The van der Waals surface area contributed by atoms with Crippen molar-refractivity contribution in [1.29, 1.82) is 0 Å². The van der Waals surface area contributed by atoms with Crippen LogP contribution in [-0.4, -0.2) is 54.2 Å². The zero-order valence-corrected chi connectivity index (χ0v) is 13.8. The van der Waals surface area contributed by atoms with Crippen molar-refractivity contribution in [2.45, 2.75) is 46.3 Å². The molecule has 0 saturated carbocycles. The van der Waals surface area contributed by atoms with Gasteiger partial charge in [0.15, 0.2) is 0 Å². The van der Waals surface area contributed by atoms with Crippen molar-refractivity contribution >= 4 is 17.9 Å². The number of rotatable bonds is 2. The van der Waals surface area contributed by atoms with Gasteiger partial charge in [0.25, 0.3) is 5.91 Å². The lowest BCUT2D eigenvalue weighted by Gasteiger charge is -2.35. The highest BCUT2D eigenvalue weighted by Gasteiger charge is 2.35. The summed E-state index contributed by atoms with van der Waals surface area (Å²) >= 11 is 0. The standard InChI is InChI=1S/C14H25N3O5/c1-9(2)11(18)15-16-12(19)10-8-21-7-6-17(10)13(20)22-14(3,4)5/h9-10H,6-8H2,1-5H3,(H,15,18)(H,16,19)/t10-/m1/s1. The van der Waals surface area contributed by atoms with Gasteiger partial charge in [-0.25, -0.2) is 4.79 Å². The van der Waals surface area contributed by atoms with Gasteiger partial charge in [0.2, 0.25) is 5.91 Å². The molecule has 0 aliphatic carbocycles. The van der Waals surface area contributed by atoms with E-state index in [2.05, 4.69) is 10.9 Å². The van der Waals surface area contributed by atoms with Crippen LogP contribution in [0.2, 0.25) is 0 Å². The average Bonchev–Trinajstić information content (AvgIpc) is 2.42. The summed E-state index contributed by atoms with van der Waals surface area (Å²) in [5.41, 5.74) is 3.98. The predicted molar refractivity (Wildman–Crippen MR) is 78.7 cm³/mol. The maximum absolute atomic E-state index is 12.2. The van der Waals surface area contributed by atoms with E-state index >= 15 is 0 Å². The van der Waals surface area contributed by atoms with Crippen LogP contribution in [0.15, 0.2) is 0 Å². The number of nitrogens with zero attached hydrogens (tertiary/aromatic N) is 1. The van der Waals surface area contributed by atoms with Crippen LogP contribution in [0.4, 0.5) is 4.79 Å². The fourth-order valence-electron chi connectivity index (χ4n) is 1.71. The zero-order chi connectivity index (χ0) is 16.9. The second-order valence-corrected chi connectivity index (χ2v) is 6.40. The smallest absolute Gasteiger partial charge is 0.411 e. The van der Waals surface area contributed by atoms with Crippen LogP contribution in [0.25, 0.3) is 0 Å². The maximum atomic E-state index is 12.2. The summed E-state index contributed by atoms with van der Waals surface area (Å²) in [7, 11) is 0. The van der Waals surface area contributed by atoms with Crippen molar-refractivity contribution in [3.8, 4) is 0 Å². The van der Waals surface area contributed by atoms with Crippen molar-refractivity contribution in [1.82, 2.24) is 15.8 Å². The normalized spacial score (nSPS) is 18.8. The number of ether oxygens (including phenoxy) is 2. The van der Waals surface area contributed by atoms with E-state index in [1.54, 1.807) is 34.6 Å². The third-order valence-corrected chi connectivity index (χ3v) is 2.89. The van der Waals surface area contributed by atoms with Crippen molar-refractivity contribution in [3.63, 3.8) is 0 Å². The van der Waals surface area contributed by atoms with E-state index in [0.717, 1.165) is 0 Å². The molecule has 0 radical (unpaired) electrons. The summed E-state index contributed by atoms with van der Waals surface area (Å²) < 4.78 is 10.5. The molecule has 1 aliphatic rings. The van der Waals surface area contributed by atoms with E-state index in [1.165, 1.54) is 4.90 Å². The van der Waals surface area contributed by atoms with E-state index in [0.29, 0.717) is 6.61 Å². The zero-order valence-electron chi connectivity index (χ0n) is 13.8. The van der Waals surface area contributed by atoms with Crippen LogP contribution in [0, 0.1) is 5.92 Å². The summed E-state index contributed by atoms with van der Waals surface area (Å²) in [6.07, 6.45) is -0.578. The molecule has 22 heavy (non-hydrogen) atoms. The molecule has 2 N–H and O–H groups in total. The first-order valence-corrected chi connectivity index (χ1v) is 7.29. The lowest BCUT2D eigenvalue weighted by molar-refractivity contribution is -0.137. The Labute approximate surface area is 130 Å². The summed E-state index contributed by atoms with van der Waals surface area (Å²) in [5, 5.41) is 0. The molecule has 8 heteroatoms. The molecule has 1 saturated heterocycles. The molecular formula is C14H25N3O5. The Hall–Kier alpha value is -1.83. The summed E-state index contributed by atoms with van der Waals surface area (Å²) in [4.78, 5) is 37.1. The molecule has 3 amide bonds. The molecule has 0 aromatic carbocycles. The van der Waals surface area contributed by atoms with Crippen LogP contribution < -0.4 is 10.9 Å². The topological polar surface area (TPSA) is 97.0 Å². The van der Waals surface area contributed by atoms with E-state index in [-0.39, 0.29) is 25.0 Å². The minimum atomic E-state index is -0.837. The van der Waals surface area contributed by atoms with Crippen LogP contribution >= 0.6 is 0 Å². The summed E-state index contributed by atoms with van der Waals surface area (Å²) in [6, 6.07) is -0.837. The number of amides is 3. The van der Waals surface area contributed by atoms with Crippen LogP contribution in [-0.2, 0) is 19.1 Å². The monoisotopic (exact) mass is 315 g/mol. The summed E-state index contributed by atoms with van der Waals surface area (Å²) in [5.74, 6) is -1.08. The number of nitrogens with one attached hydrogen (secondary N) is 2. The molecule has 1 fully saturated rings. The molecule has 1 heterocycles. The van der Waals surface area contributed by atoms with Gasteiger partial charge in [-0.05, 0) is 20.8 Å². The van der Waals surface area contributed by atoms with Crippen LogP contribution in [0.3, 0.4) is 0 Å². The molecule has 0 unspecified atom stereocenters. The molecule has 0 spiro atoms. The van der Waals surface area contributed by atoms with E-state index in [9.17, 15) is 14.4 Å². The Morgan fingerprint density at radius 1 is 1.23 bits per heavy atom. The maximum Gasteiger partial charge on any atom is 0.411 e. The molecule has 1 atom stereocenters. The van der Waals surface area contributed by atoms with Gasteiger partial charge >= 0.3 is 6.09 Å². The molecule has 0 bridgehead atoms. The van der Waals surface area contributed by atoms with Gasteiger partial charge in [-0.1, -0.05) is 13.8 Å². The minimum absolute atomic E-state index is 0.0582. The molecular weight excluding hydrogens is 290 g/mol. The van der Waals surface area contributed by atoms with Crippen molar-refractivity contribution in [2.75, 3.05) is 19.8 Å². The number of hydrogen-bond acceptors (Lipinski definition) is 5. The quantitative estimate of drug-likeness (QED) is 0.720. The highest BCUT2D eigenvalue weighted by Crippen LogP contribution is 2.14. The largest absolute Gasteiger partial charge is 0.444 e. The molecule has 0 aromatic heterocycles.